The standard InChI is InChI=1S/C14H13N3O2S/c1-8-5-9(16-19-8)6-17-7-15-13-12(14(17)18)10-3-2-4-11(10)20-13/h5,7H,2-4,6H2,1H3. The van der Waals surface area contributed by atoms with Crippen molar-refractivity contribution < 1.29 is 4.52 Å². The van der Waals surface area contributed by atoms with E-state index in [1.54, 1.807) is 22.2 Å². The molecule has 1 aliphatic carbocycles. The molecular weight excluding hydrogens is 274 g/mol. The molecule has 5 nitrogen and oxygen atoms in total. The fourth-order valence-corrected chi connectivity index (χ4v) is 4.02. The predicted octanol–water partition coefficient (Wildman–Crippen LogP) is 2.29. The Kier molecular flexibility index (Phi) is 2.53. The van der Waals surface area contributed by atoms with E-state index in [1.165, 1.54) is 10.4 Å². The minimum absolute atomic E-state index is 0.0371. The smallest absolute Gasteiger partial charge is 0.262 e. The average molecular weight is 287 g/mol. The molecule has 0 amide bonds. The Morgan fingerprint density at radius 3 is 3.15 bits per heavy atom. The van der Waals surface area contributed by atoms with Crippen molar-refractivity contribution in [1.29, 1.82) is 0 Å². The van der Waals surface area contributed by atoms with Crippen LogP contribution < -0.4 is 5.56 Å². The first-order chi connectivity index (χ1) is 9.72. The maximum absolute atomic E-state index is 12.6. The van der Waals surface area contributed by atoms with Crippen LogP contribution in [0, 0.1) is 6.92 Å². The van der Waals surface area contributed by atoms with Crippen LogP contribution in [0.25, 0.3) is 10.2 Å². The van der Waals surface area contributed by atoms with Gasteiger partial charge in [-0.2, -0.15) is 0 Å². The highest BCUT2D eigenvalue weighted by Gasteiger charge is 2.21. The van der Waals surface area contributed by atoms with Gasteiger partial charge in [-0.15, -0.1) is 11.3 Å². The largest absolute Gasteiger partial charge is 0.361 e. The zero-order valence-electron chi connectivity index (χ0n) is 11.0. The molecule has 1 aliphatic rings. The molecule has 3 heterocycles. The van der Waals surface area contributed by atoms with Gasteiger partial charge in [0.05, 0.1) is 18.3 Å². The summed E-state index contributed by atoms with van der Waals surface area (Å²) in [4.78, 5) is 19.3. The summed E-state index contributed by atoms with van der Waals surface area (Å²) in [5.74, 6) is 0.749. The summed E-state index contributed by atoms with van der Waals surface area (Å²) in [5.41, 5.74) is 2.00. The minimum atomic E-state index is 0.0371. The molecule has 0 atom stereocenters. The molecule has 0 aliphatic heterocycles. The van der Waals surface area contributed by atoms with Gasteiger partial charge in [0, 0.05) is 10.9 Å². The zero-order valence-corrected chi connectivity index (χ0v) is 11.9. The van der Waals surface area contributed by atoms with Crippen molar-refractivity contribution in [1.82, 2.24) is 14.7 Å². The first-order valence-electron chi connectivity index (χ1n) is 6.64. The van der Waals surface area contributed by atoms with Gasteiger partial charge in [-0.05, 0) is 31.7 Å². The van der Waals surface area contributed by atoms with Gasteiger partial charge in [-0.25, -0.2) is 4.98 Å². The van der Waals surface area contributed by atoms with Gasteiger partial charge < -0.3 is 4.52 Å². The third-order valence-electron chi connectivity index (χ3n) is 3.70. The van der Waals surface area contributed by atoms with Crippen LogP contribution in [-0.4, -0.2) is 14.7 Å². The Labute approximate surface area is 118 Å². The molecule has 0 aromatic carbocycles. The molecule has 4 rings (SSSR count). The van der Waals surface area contributed by atoms with Crippen LogP contribution in [0.2, 0.25) is 0 Å². The number of hydrogen-bond acceptors (Lipinski definition) is 5. The normalized spacial score (nSPS) is 14.1. The number of rotatable bonds is 2. The lowest BCUT2D eigenvalue weighted by Gasteiger charge is -2.02. The highest BCUT2D eigenvalue weighted by atomic mass is 32.1. The van der Waals surface area contributed by atoms with E-state index in [0.717, 1.165) is 40.9 Å². The molecule has 0 N–H and O–H groups in total. The van der Waals surface area contributed by atoms with E-state index in [2.05, 4.69) is 10.1 Å². The summed E-state index contributed by atoms with van der Waals surface area (Å²) in [6, 6.07) is 1.84. The number of thiophene rings is 1. The zero-order chi connectivity index (χ0) is 13.7. The van der Waals surface area contributed by atoms with Crippen LogP contribution in [0.5, 0.6) is 0 Å². The van der Waals surface area contributed by atoms with Crippen molar-refractivity contribution in [3.05, 3.63) is 44.6 Å². The van der Waals surface area contributed by atoms with Crippen molar-refractivity contribution >= 4 is 21.6 Å². The Bertz CT molecular complexity index is 859. The van der Waals surface area contributed by atoms with Crippen LogP contribution in [0.15, 0.2) is 21.7 Å². The second-order valence-corrected chi connectivity index (χ2v) is 6.23. The molecule has 3 aromatic rings. The van der Waals surface area contributed by atoms with Crippen LogP contribution >= 0.6 is 11.3 Å². The summed E-state index contributed by atoms with van der Waals surface area (Å²) >= 11 is 1.66. The molecule has 0 fully saturated rings. The Morgan fingerprint density at radius 2 is 2.35 bits per heavy atom. The first kappa shape index (κ1) is 11.8. The SMILES string of the molecule is Cc1cc(Cn2cnc3sc4c(c3c2=O)CCC4)no1. The van der Waals surface area contributed by atoms with Gasteiger partial charge in [0.2, 0.25) is 0 Å². The summed E-state index contributed by atoms with van der Waals surface area (Å²) in [7, 11) is 0. The summed E-state index contributed by atoms with van der Waals surface area (Å²) < 4.78 is 6.66. The monoisotopic (exact) mass is 287 g/mol. The van der Waals surface area contributed by atoms with E-state index in [1.807, 2.05) is 13.0 Å². The Morgan fingerprint density at radius 1 is 1.45 bits per heavy atom. The quantitative estimate of drug-likeness (QED) is 0.725. The maximum atomic E-state index is 12.6. The number of hydrogen-bond donors (Lipinski definition) is 0. The molecule has 102 valence electrons. The van der Waals surface area contributed by atoms with E-state index >= 15 is 0 Å². The molecule has 0 spiro atoms. The Hall–Kier alpha value is -1.95. The number of nitrogens with zero attached hydrogens (tertiary/aromatic N) is 3. The fourth-order valence-electron chi connectivity index (χ4n) is 2.80. The fraction of sp³-hybridized carbons (Fsp3) is 0.357. The van der Waals surface area contributed by atoms with Crippen LogP contribution in [0.3, 0.4) is 0 Å². The summed E-state index contributed by atoms with van der Waals surface area (Å²) in [5, 5.41) is 4.74. The minimum Gasteiger partial charge on any atom is -0.361 e. The third kappa shape index (κ3) is 1.71. The first-order valence-corrected chi connectivity index (χ1v) is 7.46. The molecular formula is C14H13N3O2S. The van der Waals surface area contributed by atoms with E-state index in [9.17, 15) is 4.79 Å². The molecule has 3 aromatic heterocycles. The number of aromatic nitrogens is 3. The van der Waals surface area contributed by atoms with E-state index < -0.39 is 0 Å². The van der Waals surface area contributed by atoms with Crippen molar-refractivity contribution in [2.45, 2.75) is 32.7 Å². The molecule has 6 heteroatoms. The molecule has 0 saturated carbocycles. The van der Waals surface area contributed by atoms with E-state index in [4.69, 9.17) is 4.52 Å². The topological polar surface area (TPSA) is 60.9 Å². The van der Waals surface area contributed by atoms with Gasteiger partial charge in [0.15, 0.2) is 0 Å². The van der Waals surface area contributed by atoms with Crippen molar-refractivity contribution in [2.75, 3.05) is 0 Å². The van der Waals surface area contributed by atoms with Gasteiger partial charge in [0.25, 0.3) is 5.56 Å². The molecule has 0 saturated heterocycles. The predicted molar refractivity (Wildman–Crippen MR) is 76.2 cm³/mol. The van der Waals surface area contributed by atoms with E-state index in [0.29, 0.717) is 6.54 Å². The van der Waals surface area contributed by atoms with Crippen LogP contribution in [0.1, 0.15) is 28.3 Å². The summed E-state index contributed by atoms with van der Waals surface area (Å²) in [6.45, 7) is 2.25. The maximum Gasteiger partial charge on any atom is 0.262 e. The van der Waals surface area contributed by atoms with Gasteiger partial charge in [-0.3, -0.25) is 9.36 Å². The van der Waals surface area contributed by atoms with Crippen molar-refractivity contribution in [2.24, 2.45) is 0 Å². The molecule has 0 radical (unpaired) electrons. The second kappa shape index (κ2) is 4.28. The average Bonchev–Trinajstić information content (AvgIpc) is 3.08. The lowest BCUT2D eigenvalue weighted by molar-refractivity contribution is 0.388. The highest BCUT2D eigenvalue weighted by molar-refractivity contribution is 7.18. The third-order valence-corrected chi connectivity index (χ3v) is 4.90. The van der Waals surface area contributed by atoms with Gasteiger partial charge in [0.1, 0.15) is 16.3 Å². The van der Waals surface area contributed by atoms with E-state index in [-0.39, 0.29) is 5.56 Å². The number of aryl methyl sites for hydroxylation is 3. The molecule has 0 unspecified atom stereocenters. The Balaban J connectivity index is 1.85. The second-order valence-electron chi connectivity index (χ2n) is 5.14. The number of fused-ring (bicyclic) bond motifs is 3. The molecule has 0 bridgehead atoms. The van der Waals surface area contributed by atoms with Gasteiger partial charge in [-0.1, -0.05) is 5.16 Å². The van der Waals surface area contributed by atoms with Gasteiger partial charge >= 0.3 is 0 Å². The lowest BCUT2D eigenvalue weighted by atomic mass is 10.2. The molecule has 20 heavy (non-hydrogen) atoms. The lowest BCUT2D eigenvalue weighted by Crippen LogP contribution is -2.21. The highest BCUT2D eigenvalue weighted by Crippen LogP contribution is 2.34. The van der Waals surface area contributed by atoms with Crippen LogP contribution in [-0.2, 0) is 19.4 Å². The van der Waals surface area contributed by atoms with Crippen LogP contribution in [0.4, 0.5) is 0 Å². The van der Waals surface area contributed by atoms with Crippen molar-refractivity contribution in [3.63, 3.8) is 0 Å². The van der Waals surface area contributed by atoms with Crippen molar-refractivity contribution in [3.8, 4) is 0 Å². The summed E-state index contributed by atoms with van der Waals surface area (Å²) in [6.07, 6.45) is 4.84.